The van der Waals surface area contributed by atoms with Crippen molar-refractivity contribution in [1.82, 2.24) is 10.3 Å². The number of rotatable bonds is 4. The fourth-order valence-electron chi connectivity index (χ4n) is 2.58. The van der Waals surface area contributed by atoms with Crippen LogP contribution in [0.25, 0.3) is 0 Å². The van der Waals surface area contributed by atoms with Gasteiger partial charge in [0.25, 0.3) is 0 Å². The number of benzene rings is 1. The molecular weight excluding hydrogens is 268 g/mol. The second kappa shape index (κ2) is 5.54. The fourth-order valence-corrected chi connectivity index (χ4v) is 3.84. The lowest BCUT2D eigenvalue weighted by Crippen LogP contribution is -2.06. The first-order valence-corrected chi connectivity index (χ1v) is 7.89. The molecule has 3 nitrogen and oxygen atoms in total. The largest absolute Gasteiger partial charge is 0.483 e. The second-order valence-electron chi connectivity index (χ2n) is 5.46. The van der Waals surface area contributed by atoms with Crippen LogP contribution >= 0.6 is 11.3 Å². The van der Waals surface area contributed by atoms with Crippen molar-refractivity contribution in [2.24, 2.45) is 0 Å². The van der Waals surface area contributed by atoms with E-state index in [9.17, 15) is 0 Å². The van der Waals surface area contributed by atoms with Crippen molar-refractivity contribution < 1.29 is 4.74 Å². The Labute approximate surface area is 124 Å². The Bertz CT molecular complexity index is 581. The molecule has 1 atom stereocenters. The molecule has 4 heteroatoms. The number of nitrogens with zero attached hydrogens (tertiary/aromatic N) is 1. The van der Waals surface area contributed by atoms with Gasteiger partial charge in [0.05, 0.1) is 5.69 Å². The van der Waals surface area contributed by atoms with Gasteiger partial charge in [0.1, 0.15) is 10.8 Å². The first-order valence-electron chi connectivity index (χ1n) is 7.07. The molecule has 2 heterocycles. The first-order chi connectivity index (χ1) is 9.69. The third-order valence-corrected chi connectivity index (χ3v) is 4.71. The Morgan fingerprint density at radius 3 is 2.90 bits per heavy atom. The SMILES string of the molecule is CNCc1sc(C2Cc3ccccc3O2)nc1C(C)C. The molecule has 20 heavy (non-hydrogen) atoms. The molecule has 0 saturated heterocycles. The van der Waals surface area contributed by atoms with Crippen molar-refractivity contribution in [3.63, 3.8) is 0 Å². The van der Waals surface area contributed by atoms with E-state index < -0.39 is 0 Å². The number of ether oxygens (including phenoxy) is 1. The van der Waals surface area contributed by atoms with Crippen LogP contribution < -0.4 is 10.1 Å². The summed E-state index contributed by atoms with van der Waals surface area (Å²) >= 11 is 1.78. The second-order valence-corrected chi connectivity index (χ2v) is 6.58. The van der Waals surface area contributed by atoms with E-state index in [1.54, 1.807) is 11.3 Å². The topological polar surface area (TPSA) is 34.1 Å². The lowest BCUT2D eigenvalue weighted by Gasteiger charge is -2.06. The third-order valence-electron chi connectivity index (χ3n) is 3.55. The molecule has 1 N–H and O–H groups in total. The van der Waals surface area contributed by atoms with Gasteiger partial charge in [-0.2, -0.15) is 0 Å². The number of fused-ring (bicyclic) bond motifs is 1. The van der Waals surface area contributed by atoms with Gasteiger partial charge in [0, 0.05) is 17.8 Å². The van der Waals surface area contributed by atoms with Crippen molar-refractivity contribution in [3.8, 4) is 5.75 Å². The Balaban J connectivity index is 1.87. The van der Waals surface area contributed by atoms with Crippen LogP contribution in [-0.2, 0) is 13.0 Å². The Morgan fingerprint density at radius 2 is 2.20 bits per heavy atom. The predicted molar refractivity (Wildman–Crippen MR) is 82.5 cm³/mol. The van der Waals surface area contributed by atoms with Gasteiger partial charge in [-0.15, -0.1) is 11.3 Å². The molecule has 0 radical (unpaired) electrons. The minimum absolute atomic E-state index is 0.0838. The minimum atomic E-state index is 0.0838. The van der Waals surface area contributed by atoms with Crippen molar-refractivity contribution >= 4 is 11.3 Å². The summed E-state index contributed by atoms with van der Waals surface area (Å²) in [5, 5.41) is 4.34. The molecule has 0 fully saturated rings. The Kier molecular flexibility index (Phi) is 3.76. The Hall–Kier alpha value is -1.39. The minimum Gasteiger partial charge on any atom is -0.483 e. The van der Waals surface area contributed by atoms with Gasteiger partial charge in [-0.05, 0) is 24.6 Å². The average molecular weight is 288 g/mol. The summed E-state index contributed by atoms with van der Waals surface area (Å²) < 4.78 is 6.05. The van der Waals surface area contributed by atoms with Crippen LogP contribution in [0.4, 0.5) is 0 Å². The monoisotopic (exact) mass is 288 g/mol. The van der Waals surface area contributed by atoms with Crippen LogP contribution in [0.2, 0.25) is 0 Å². The number of nitrogens with one attached hydrogen (secondary N) is 1. The highest BCUT2D eigenvalue weighted by molar-refractivity contribution is 7.11. The summed E-state index contributed by atoms with van der Waals surface area (Å²) in [5.74, 6) is 1.46. The maximum absolute atomic E-state index is 6.05. The Morgan fingerprint density at radius 1 is 1.40 bits per heavy atom. The first kappa shape index (κ1) is 13.6. The average Bonchev–Trinajstić information content (AvgIpc) is 3.02. The maximum atomic E-state index is 6.05. The zero-order valence-electron chi connectivity index (χ0n) is 12.1. The van der Waals surface area contributed by atoms with Gasteiger partial charge in [0.15, 0.2) is 6.10 Å². The molecule has 2 aromatic rings. The summed E-state index contributed by atoms with van der Waals surface area (Å²) in [5.41, 5.74) is 2.49. The smallest absolute Gasteiger partial charge is 0.154 e. The summed E-state index contributed by atoms with van der Waals surface area (Å²) in [6.45, 7) is 5.27. The van der Waals surface area contributed by atoms with Gasteiger partial charge in [0.2, 0.25) is 0 Å². The molecule has 106 valence electrons. The fraction of sp³-hybridized carbons (Fsp3) is 0.438. The molecule has 1 aromatic carbocycles. The highest BCUT2D eigenvalue weighted by Crippen LogP contribution is 2.39. The molecule has 0 aliphatic carbocycles. The van der Waals surface area contributed by atoms with Crippen LogP contribution in [0.1, 0.15) is 47.0 Å². The molecule has 3 rings (SSSR count). The molecule has 1 unspecified atom stereocenters. The van der Waals surface area contributed by atoms with Crippen LogP contribution in [-0.4, -0.2) is 12.0 Å². The lowest BCUT2D eigenvalue weighted by atomic mass is 10.1. The van der Waals surface area contributed by atoms with Crippen LogP contribution in [0.3, 0.4) is 0 Å². The molecule has 0 amide bonds. The van der Waals surface area contributed by atoms with Gasteiger partial charge in [-0.1, -0.05) is 32.0 Å². The highest BCUT2D eigenvalue weighted by Gasteiger charge is 2.28. The van der Waals surface area contributed by atoms with E-state index in [-0.39, 0.29) is 6.10 Å². The van der Waals surface area contributed by atoms with Crippen LogP contribution in [0, 0.1) is 0 Å². The number of hydrogen-bond acceptors (Lipinski definition) is 4. The van der Waals surface area contributed by atoms with E-state index in [0.717, 1.165) is 23.7 Å². The van der Waals surface area contributed by atoms with Gasteiger partial charge >= 0.3 is 0 Å². The predicted octanol–water partition coefficient (Wildman–Crippen LogP) is 3.66. The van der Waals surface area contributed by atoms with E-state index in [1.165, 1.54) is 16.1 Å². The number of para-hydroxylation sites is 1. The van der Waals surface area contributed by atoms with Crippen LogP contribution in [0.5, 0.6) is 5.75 Å². The zero-order valence-corrected chi connectivity index (χ0v) is 13.0. The molecule has 1 aliphatic rings. The van der Waals surface area contributed by atoms with E-state index in [0.29, 0.717) is 5.92 Å². The number of hydrogen-bond donors (Lipinski definition) is 1. The molecule has 0 saturated carbocycles. The quantitative estimate of drug-likeness (QED) is 0.932. The standard InChI is InChI=1S/C16H20N2OS/c1-10(2)15-14(9-17-3)20-16(18-15)13-8-11-6-4-5-7-12(11)19-13/h4-7,10,13,17H,8-9H2,1-3H3. The number of thiazole rings is 1. The van der Waals surface area contributed by atoms with E-state index in [4.69, 9.17) is 9.72 Å². The lowest BCUT2D eigenvalue weighted by molar-refractivity contribution is 0.238. The molecule has 1 aromatic heterocycles. The highest BCUT2D eigenvalue weighted by atomic mass is 32.1. The molecule has 0 bridgehead atoms. The number of aromatic nitrogens is 1. The summed E-state index contributed by atoms with van der Waals surface area (Å²) in [6, 6.07) is 8.27. The van der Waals surface area contributed by atoms with Crippen molar-refractivity contribution in [3.05, 3.63) is 45.4 Å². The van der Waals surface area contributed by atoms with Gasteiger partial charge in [-0.3, -0.25) is 0 Å². The zero-order chi connectivity index (χ0) is 14.1. The van der Waals surface area contributed by atoms with Gasteiger partial charge < -0.3 is 10.1 Å². The molecular formula is C16H20N2OS. The summed E-state index contributed by atoms with van der Waals surface area (Å²) in [4.78, 5) is 6.18. The van der Waals surface area contributed by atoms with Crippen LogP contribution in [0.15, 0.2) is 24.3 Å². The third kappa shape index (κ3) is 2.45. The molecule has 0 spiro atoms. The summed E-state index contributed by atoms with van der Waals surface area (Å²) in [6.07, 6.45) is 1.01. The van der Waals surface area contributed by atoms with Gasteiger partial charge in [-0.25, -0.2) is 4.98 Å². The van der Waals surface area contributed by atoms with E-state index in [2.05, 4.69) is 31.3 Å². The van der Waals surface area contributed by atoms with Crippen molar-refractivity contribution in [2.75, 3.05) is 7.05 Å². The normalized spacial score (nSPS) is 17.3. The summed E-state index contributed by atoms with van der Waals surface area (Å²) in [7, 11) is 1.98. The van der Waals surface area contributed by atoms with E-state index in [1.807, 2.05) is 19.2 Å². The van der Waals surface area contributed by atoms with Crippen molar-refractivity contribution in [1.29, 1.82) is 0 Å². The maximum Gasteiger partial charge on any atom is 0.154 e. The molecule has 1 aliphatic heterocycles. The van der Waals surface area contributed by atoms with E-state index >= 15 is 0 Å². The van der Waals surface area contributed by atoms with Crippen molar-refractivity contribution in [2.45, 2.75) is 38.8 Å².